The molecule has 1 N–H and O–H groups in total. The molecular weight excluding hydrogens is 359 g/mol. The fourth-order valence-corrected chi connectivity index (χ4v) is 3.65. The van der Waals surface area contributed by atoms with E-state index in [4.69, 9.17) is 9.84 Å². The van der Waals surface area contributed by atoms with Gasteiger partial charge in [0.15, 0.2) is 5.65 Å². The molecule has 0 radical (unpaired) electrons. The van der Waals surface area contributed by atoms with Crippen LogP contribution in [0.5, 0.6) is 0 Å². The van der Waals surface area contributed by atoms with Gasteiger partial charge in [0.1, 0.15) is 11.5 Å². The van der Waals surface area contributed by atoms with Gasteiger partial charge in [-0.05, 0) is 24.1 Å². The summed E-state index contributed by atoms with van der Waals surface area (Å²) >= 11 is 0. The summed E-state index contributed by atoms with van der Waals surface area (Å²) in [5, 5.41) is 12.8. The minimum Gasteiger partial charge on any atom is -0.370 e. The minimum absolute atomic E-state index is 0.0978. The van der Waals surface area contributed by atoms with Gasteiger partial charge in [-0.2, -0.15) is 10.2 Å². The van der Waals surface area contributed by atoms with Crippen LogP contribution in [0.3, 0.4) is 0 Å². The van der Waals surface area contributed by atoms with Crippen molar-refractivity contribution in [2.24, 2.45) is 5.92 Å². The van der Waals surface area contributed by atoms with Crippen molar-refractivity contribution < 1.29 is 9.13 Å². The Hall–Kier alpha value is -3.13. The third-order valence-electron chi connectivity index (χ3n) is 5.18. The first kappa shape index (κ1) is 17.0. The molecular formula is C20H19FN6O. The van der Waals surface area contributed by atoms with Gasteiger partial charge < -0.3 is 4.74 Å². The van der Waals surface area contributed by atoms with Gasteiger partial charge in [0.25, 0.3) is 0 Å². The molecule has 1 aliphatic rings. The molecule has 0 spiro atoms. The lowest BCUT2D eigenvalue weighted by atomic mass is 9.98. The largest absolute Gasteiger partial charge is 0.370 e. The third kappa shape index (κ3) is 2.68. The second kappa shape index (κ2) is 6.49. The molecule has 0 aliphatic carbocycles. The van der Waals surface area contributed by atoms with E-state index in [1.807, 2.05) is 10.7 Å². The number of rotatable bonds is 3. The second-order valence-electron chi connectivity index (χ2n) is 7.30. The molecule has 5 rings (SSSR count). The minimum atomic E-state index is -0.376. The molecule has 142 valence electrons. The summed E-state index contributed by atoms with van der Waals surface area (Å²) in [5.74, 6) is 0.00770. The normalized spacial score (nSPS) is 16.6. The fourth-order valence-electron chi connectivity index (χ4n) is 3.65. The highest BCUT2D eigenvalue weighted by Gasteiger charge is 2.29. The Morgan fingerprint density at radius 2 is 2.11 bits per heavy atom. The highest BCUT2D eigenvalue weighted by molar-refractivity contribution is 5.97. The number of halogens is 1. The molecule has 0 saturated heterocycles. The zero-order valence-electron chi connectivity index (χ0n) is 15.6. The Kier molecular flexibility index (Phi) is 3.94. The number of hydrogen-bond acceptors (Lipinski definition) is 5. The van der Waals surface area contributed by atoms with Gasteiger partial charge in [-0.15, -0.1) is 0 Å². The lowest BCUT2D eigenvalue weighted by Gasteiger charge is -2.27. The monoisotopic (exact) mass is 378 g/mol. The molecule has 0 amide bonds. The van der Waals surface area contributed by atoms with Crippen LogP contribution in [0.4, 0.5) is 4.39 Å². The van der Waals surface area contributed by atoms with E-state index in [-0.39, 0.29) is 11.9 Å². The first-order valence-corrected chi connectivity index (χ1v) is 9.23. The van der Waals surface area contributed by atoms with Crippen LogP contribution < -0.4 is 0 Å². The van der Waals surface area contributed by atoms with Crippen LogP contribution >= 0.6 is 0 Å². The molecule has 1 unspecified atom stereocenters. The zero-order chi connectivity index (χ0) is 19.3. The molecule has 0 fully saturated rings. The quantitative estimate of drug-likeness (QED) is 0.589. The van der Waals surface area contributed by atoms with Gasteiger partial charge in [-0.3, -0.25) is 14.8 Å². The van der Waals surface area contributed by atoms with Crippen molar-refractivity contribution in [3.8, 4) is 22.5 Å². The lowest BCUT2D eigenvalue weighted by Crippen LogP contribution is -2.31. The van der Waals surface area contributed by atoms with E-state index in [0.29, 0.717) is 36.1 Å². The van der Waals surface area contributed by atoms with Gasteiger partial charge in [0.2, 0.25) is 0 Å². The van der Waals surface area contributed by atoms with Crippen molar-refractivity contribution >= 4 is 11.0 Å². The second-order valence-corrected chi connectivity index (χ2v) is 7.30. The average Bonchev–Trinajstić information content (AvgIpc) is 3.32. The molecule has 8 heteroatoms. The number of fused-ring (bicyclic) bond motifs is 2. The summed E-state index contributed by atoms with van der Waals surface area (Å²) in [7, 11) is 0. The summed E-state index contributed by atoms with van der Waals surface area (Å²) in [5.41, 5.74) is 4.88. The molecule has 28 heavy (non-hydrogen) atoms. The molecule has 1 aliphatic heterocycles. The highest BCUT2D eigenvalue weighted by atomic mass is 19.1. The van der Waals surface area contributed by atoms with Crippen LogP contribution in [0.1, 0.15) is 19.5 Å². The Labute approximate surface area is 160 Å². The van der Waals surface area contributed by atoms with E-state index in [2.05, 4.69) is 34.0 Å². The van der Waals surface area contributed by atoms with Crippen molar-refractivity contribution in [1.82, 2.24) is 29.9 Å². The molecule has 0 bridgehead atoms. The van der Waals surface area contributed by atoms with Crippen LogP contribution in [-0.4, -0.2) is 36.0 Å². The zero-order valence-corrected chi connectivity index (χ0v) is 15.6. The Morgan fingerprint density at radius 3 is 2.89 bits per heavy atom. The first-order chi connectivity index (χ1) is 13.6. The van der Waals surface area contributed by atoms with Crippen LogP contribution in [0.15, 0.2) is 36.8 Å². The number of hydrogen-bond donors (Lipinski definition) is 1. The summed E-state index contributed by atoms with van der Waals surface area (Å²) in [6, 6.07) is 5.00. The van der Waals surface area contributed by atoms with Gasteiger partial charge in [0.05, 0.1) is 43.0 Å². The first-order valence-electron chi connectivity index (χ1n) is 9.23. The van der Waals surface area contributed by atoms with Crippen LogP contribution in [0, 0.1) is 11.7 Å². The third-order valence-corrected chi connectivity index (χ3v) is 5.18. The van der Waals surface area contributed by atoms with E-state index in [9.17, 15) is 4.39 Å². The van der Waals surface area contributed by atoms with Crippen LogP contribution in [0.25, 0.3) is 33.5 Å². The number of H-pyrrole nitrogens is 1. The van der Waals surface area contributed by atoms with Crippen molar-refractivity contribution in [3.05, 3.63) is 48.3 Å². The van der Waals surface area contributed by atoms with E-state index < -0.39 is 0 Å². The van der Waals surface area contributed by atoms with E-state index >= 15 is 0 Å². The number of ether oxygens (including phenoxy) is 1. The molecule has 5 heterocycles. The SMILES string of the molecule is CC(C)C1Cn2nc(-c3ccc(F)cn3)c(-c3ccnc4[nH]ncc34)c2CO1. The van der Waals surface area contributed by atoms with Gasteiger partial charge in [-0.1, -0.05) is 13.8 Å². The Morgan fingerprint density at radius 1 is 1.21 bits per heavy atom. The molecule has 4 aromatic heterocycles. The summed E-state index contributed by atoms with van der Waals surface area (Å²) in [6.45, 7) is 5.40. The number of aromatic nitrogens is 6. The number of aromatic amines is 1. The molecule has 0 aromatic carbocycles. The van der Waals surface area contributed by atoms with E-state index in [1.165, 1.54) is 12.3 Å². The van der Waals surface area contributed by atoms with E-state index in [0.717, 1.165) is 22.2 Å². The van der Waals surface area contributed by atoms with Crippen molar-refractivity contribution in [1.29, 1.82) is 0 Å². The summed E-state index contributed by atoms with van der Waals surface area (Å²) < 4.78 is 21.5. The molecule has 7 nitrogen and oxygen atoms in total. The summed E-state index contributed by atoms with van der Waals surface area (Å²) in [6.07, 6.45) is 4.80. The van der Waals surface area contributed by atoms with Gasteiger partial charge in [0, 0.05) is 22.7 Å². The standard InChI is InChI=1S/C20H19FN6O/c1-11(2)17-9-27-16(10-28-17)18(13-5-6-22-20-14(13)8-24-25-20)19(26-27)15-4-3-12(21)7-23-15/h3-8,11,17H,9-10H2,1-2H3,(H,22,24,25). The Bertz CT molecular complexity index is 1150. The molecule has 4 aromatic rings. The summed E-state index contributed by atoms with van der Waals surface area (Å²) in [4.78, 5) is 8.60. The van der Waals surface area contributed by atoms with Crippen LogP contribution in [-0.2, 0) is 17.9 Å². The van der Waals surface area contributed by atoms with Crippen molar-refractivity contribution in [2.75, 3.05) is 0 Å². The predicted molar refractivity (Wildman–Crippen MR) is 102 cm³/mol. The lowest BCUT2D eigenvalue weighted by molar-refractivity contribution is -0.0260. The Balaban J connectivity index is 1.75. The number of nitrogens with one attached hydrogen (secondary N) is 1. The van der Waals surface area contributed by atoms with Crippen LogP contribution in [0.2, 0.25) is 0 Å². The number of nitrogens with zero attached hydrogens (tertiary/aromatic N) is 5. The molecule has 0 saturated carbocycles. The maximum atomic E-state index is 13.4. The molecule has 1 atom stereocenters. The predicted octanol–water partition coefficient (Wildman–Crippen LogP) is 3.58. The van der Waals surface area contributed by atoms with E-state index in [1.54, 1.807) is 18.5 Å². The fraction of sp³-hybridized carbons (Fsp3) is 0.300. The van der Waals surface area contributed by atoms with Crippen molar-refractivity contribution in [3.63, 3.8) is 0 Å². The average molecular weight is 378 g/mol. The highest BCUT2D eigenvalue weighted by Crippen LogP contribution is 2.39. The van der Waals surface area contributed by atoms with Gasteiger partial charge >= 0.3 is 0 Å². The maximum Gasteiger partial charge on any atom is 0.155 e. The van der Waals surface area contributed by atoms with Crippen molar-refractivity contribution in [2.45, 2.75) is 33.1 Å². The smallest absolute Gasteiger partial charge is 0.155 e. The van der Waals surface area contributed by atoms with Gasteiger partial charge in [-0.25, -0.2) is 9.37 Å². The maximum absolute atomic E-state index is 13.4. The topological polar surface area (TPSA) is 81.5 Å². The number of pyridine rings is 2.